The number of aromatic nitrogens is 1. The number of rotatable bonds is 13. The molecule has 2 atom stereocenters. The van der Waals surface area contributed by atoms with Crippen LogP contribution in [0.5, 0.6) is 0 Å². The number of allylic oxidation sites excluding steroid dienone is 1. The summed E-state index contributed by atoms with van der Waals surface area (Å²) in [7, 11) is 1.95. The predicted octanol–water partition coefficient (Wildman–Crippen LogP) is 4.89. The molecule has 7 nitrogen and oxygen atoms in total. The topological polar surface area (TPSA) is 71.0 Å². The summed E-state index contributed by atoms with van der Waals surface area (Å²) in [6.07, 6.45) is 3.17. The molecule has 1 amide bonds. The van der Waals surface area contributed by atoms with Gasteiger partial charge in [0.1, 0.15) is 6.73 Å². The Hall–Kier alpha value is -1.97. The molecule has 0 bridgehead atoms. The Morgan fingerprint density at radius 1 is 1.20 bits per heavy atom. The lowest BCUT2D eigenvalue weighted by molar-refractivity contribution is -0.133. The van der Waals surface area contributed by atoms with E-state index in [0.29, 0.717) is 13.3 Å². The van der Waals surface area contributed by atoms with Crippen LogP contribution in [0, 0.1) is 5.92 Å². The zero-order valence-electron chi connectivity index (χ0n) is 22.1. The van der Waals surface area contributed by atoms with Gasteiger partial charge in [-0.2, -0.15) is 0 Å². The average Bonchev–Trinajstić information content (AvgIpc) is 3.20. The van der Waals surface area contributed by atoms with E-state index in [0.717, 1.165) is 47.7 Å². The third-order valence-electron chi connectivity index (χ3n) is 6.48. The molecule has 194 valence electrons. The van der Waals surface area contributed by atoms with Crippen molar-refractivity contribution in [1.29, 1.82) is 0 Å². The normalized spacial score (nSPS) is 18.8. The molecule has 0 unspecified atom stereocenters. The minimum Gasteiger partial charge on any atom is -0.377 e. The molecule has 1 aromatic carbocycles. The number of fused-ring (bicyclic) bond motifs is 1. The fraction of sp³-hybridized carbons (Fsp3) is 0.593. The minimum atomic E-state index is -1.18. The van der Waals surface area contributed by atoms with E-state index in [2.05, 4.69) is 53.8 Å². The van der Waals surface area contributed by atoms with Crippen LogP contribution in [0.3, 0.4) is 0 Å². The number of nitrogens with one attached hydrogen (secondary N) is 1. The van der Waals surface area contributed by atoms with Crippen molar-refractivity contribution in [3.05, 3.63) is 42.1 Å². The summed E-state index contributed by atoms with van der Waals surface area (Å²) in [5.41, 5.74) is 3.11. The van der Waals surface area contributed by atoms with Gasteiger partial charge in [-0.25, -0.2) is 0 Å². The van der Waals surface area contributed by atoms with Crippen LogP contribution < -0.4 is 5.32 Å². The maximum absolute atomic E-state index is 13.5. The molecule has 1 aliphatic carbocycles. The number of carbonyl (C=O) groups excluding carboxylic acids is 1. The van der Waals surface area contributed by atoms with Gasteiger partial charge in [0.2, 0.25) is 5.91 Å². The number of methoxy groups -OCH3 is 2. The largest absolute Gasteiger partial charge is 0.377 e. The Bertz CT molecular complexity index is 993. The lowest BCUT2D eigenvalue weighted by Gasteiger charge is -2.32. The Kier molecular flexibility index (Phi) is 10.1. The van der Waals surface area contributed by atoms with Crippen molar-refractivity contribution in [1.82, 2.24) is 9.88 Å². The van der Waals surface area contributed by atoms with Gasteiger partial charge < -0.3 is 28.8 Å². The van der Waals surface area contributed by atoms with Gasteiger partial charge >= 0.3 is 0 Å². The van der Waals surface area contributed by atoms with Crippen LogP contribution in [0.15, 0.2) is 36.4 Å². The molecule has 0 spiro atoms. The quantitative estimate of drug-likeness (QED) is 0.240. The number of carbonyl (C=O) groups is 1. The van der Waals surface area contributed by atoms with Gasteiger partial charge in [0.25, 0.3) is 0 Å². The van der Waals surface area contributed by atoms with Crippen LogP contribution in [0.25, 0.3) is 16.5 Å². The van der Waals surface area contributed by atoms with E-state index in [4.69, 9.17) is 18.9 Å². The number of benzene rings is 1. The molecular formula is C27H42N2O5Si. The molecular weight excluding hydrogens is 460 g/mol. The minimum absolute atomic E-state index is 0.0787. The number of nitrogens with zero attached hydrogens (tertiary/aromatic N) is 1. The van der Waals surface area contributed by atoms with Gasteiger partial charge in [0.15, 0.2) is 6.29 Å². The van der Waals surface area contributed by atoms with Gasteiger partial charge in [-0.1, -0.05) is 43.9 Å². The molecule has 35 heavy (non-hydrogen) atoms. The third-order valence-corrected chi connectivity index (χ3v) is 8.18. The van der Waals surface area contributed by atoms with E-state index in [1.165, 1.54) is 0 Å². The summed E-state index contributed by atoms with van der Waals surface area (Å²) in [4.78, 5) is 13.5. The first-order valence-electron chi connectivity index (χ1n) is 12.6. The Morgan fingerprint density at radius 2 is 1.94 bits per heavy atom. The molecule has 0 aliphatic heterocycles. The zero-order chi connectivity index (χ0) is 25.4. The molecule has 1 heterocycles. The van der Waals surface area contributed by atoms with Crippen LogP contribution in [0.2, 0.25) is 25.7 Å². The van der Waals surface area contributed by atoms with Crippen LogP contribution >= 0.6 is 0 Å². The predicted molar refractivity (Wildman–Crippen MR) is 143 cm³/mol. The fourth-order valence-corrected chi connectivity index (χ4v) is 5.30. The highest BCUT2D eigenvalue weighted by Crippen LogP contribution is 2.37. The van der Waals surface area contributed by atoms with E-state index in [1.807, 2.05) is 19.1 Å². The lowest BCUT2D eigenvalue weighted by atomic mass is 9.82. The standard InChI is InChI=1S/C27H42N2O5Si/c1-7-34-24-14-10-12-21(26(24)27(30)28-18-25(31-2)32-3)23-17-20-11-8-9-13-22(20)29(23)19-33-15-16-35(4,5)6/h8-9,11-13,17,24-26H,7,10,14-16,18-19H2,1-6H3,(H,28,30)/t24-,26-/m1/s1. The molecule has 1 aromatic heterocycles. The smallest absolute Gasteiger partial charge is 0.230 e. The zero-order valence-corrected chi connectivity index (χ0v) is 23.1. The van der Waals surface area contributed by atoms with Gasteiger partial charge in [0.05, 0.1) is 24.1 Å². The summed E-state index contributed by atoms with van der Waals surface area (Å²) in [5.74, 6) is -0.506. The van der Waals surface area contributed by atoms with Gasteiger partial charge in [-0.05, 0) is 43.5 Å². The number of para-hydroxylation sites is 1. The van der Waals surface area contributed by atoms with Crippen LogP contribution in [0.4, 0.5) is 0 Å². The first-order valence-corrected chi connectivity index (χ1v) is 16.3. The highest BCUT2D eigenvalue weighted by molar-refractivity contribution is 6.76. The van der Waals surface area contributed by atoms with Crippen LogP contribution in [-0.4, -0.2) is 64.9 Å². The number of amides is 1. The lowest BCUT2D eigenvalue weighted by Crippen LogP contribution is -2.44. The number of hydrogen-bond donors (Lipinski definition) is 1. The molecule has 0 saturated heterocycles. The van der Waals surface area contributed by atoms with Crippen molar-refractivity contribution in [3.8, 4) is 0 Å². The number of hydrogen-bond acceptors (Lipinski definition) is 5. The maximum atomic E-state index is 13.5. The first kappa shape index (κ1) is 27.6. The van der Waals surface area contributed by atoms with Crippen molar-refractivity contribution < 1.29 is 23.7 Å². The molecule has 2 aromatic rings. The van der Waals surface area contributed by atoms with Crippen molar-refractivity contribution in [2.45, 2.75) is 64.6 Å². The summed E-state index contributed by atoms with van der Waals surface area (Å²) in [5, 5.41) is 4.15. The highest BCUT2D eigenvalue weighted by atomic mass is 28.3. The molecule has 3 rings (SSSR count). The van der Waals surface area contributed by atoms with Crippen molar-refractivity contribution in [3.63, 3.8) is 0 Å². The molecule has 1 N–H and O–H groups in total. The average molecular weight is 503 g/mol. The second-order valence-corrected chi connectivity index (χ2v) is 15.8. The molecule has 8 heteroatoms. The summed E-state index contributed by atoms with van der Waals surface area (Å²) >= 11 is 0. The van der Waals surface area contributed by atoms with Crippen LogP contribution in [-0.2, 0) is 30.5 Å². The third kappa shape index (κ3) is 7.27. The fourth-order valence-electron chi connectivity index (χ4n) is 4.54. The molecule has 1 aliphatic rings. The summed E-state index contributed by atoms with van der Waals surface area (Å²) in [6, 6.07) is 11.6. The van der Waals surface area contributed by atoms with E-state index in [-0.39, 0.29) is 18.6 Å². The molecule has 0 fully saturated rings. The highest BCUT2D eigenvalue weighted by Gasteiger charge is 2.36. The second kappa shape index (κ2) is 12.8. The Balaban J connectivity index is 1.93. The number of ether oxygens (including phenoxy) is 4. The van der Waals surface area contributed by atoms with E-state index in [9.17, 15) is 4.79 Å². The summed E-state index contributed by atoms with van der Waals surface area (Å²) < 4.78 is 25.0. The van der Waals surface area contributed by atoms with E-state index in [1.54, 1.807) is 14.2 Å². The molecule has 0 radical (unpaired) electrons. The van der Waals surface area contributed by atoms with Gasteiger partial charge in [-0.15, -0.1) is 0 Å². The van der Waals surface area contributed by atoms with E-state index < -0.39 is 20.3 Å². The van der Waals surface area contributed by atoms with Crippen molar-refractivity contribution >= 4 is 30.5 Å². The van der Waals surface area contributed by atoms with Crippen LogP contribution in [0.1, 0.15) is 25.5 Å². The van der Waals surface area contributed by atoms with Gasteiger partial charge in [0, 0.05) is 46.6 Å². The van der Waals surface area contributed by atoms with E-state index >= 15 is 0 Å². The Labute approximate surface area is 210 Å². The SMILES string of the molecule is CCO[C@@H]1CCC=C(c2cc3ccccc3n2COCC[Si](C)(C)C)[C@H]1C(=O)NCC(OC)OC. The maximum Gasteiger partial charge on any atom is 0.230 e. The van der Waals surface area contributed by atoms with Crippen molar-refractivity contribution in [2.75, 3.05) is 34.0 Å². The Morgan fingerprint density at radius 3 is 2.63 bits per heavy atom. The van der Waals surface area contributed by atoms with Gasteiger partial charge in [-0.3, -0.25) is 4.79 Å². The second-order valence-electron chi connectivity index (χ2n) is 10.2. The summed E-state index contributed by atoms with van der Waals surface area (Å²) in [6.45, 7) is 11.1. The first-order chi connectivity index (χ1) is 16.8. The monoisotopic (exact) mass is 502 g/mol. The molecule has 0 saturated carbocycles. The van der Waals surface area contributed by atoms with Crippen molar-refractivity contribution in [2.24, 2.45) is 5.92 Å².